The maximum absolute atomic E-state index is 12.9. The molecule has 0 radical (unpaired) electrons. The van der Waals surface area contributed by atoms with Crippen molar-refractivity contribution in [1.29, 1.82) is 0 Å². The molecular formula is C27H21ClO7. The summed E-state index contributed by atoms with van der Waals surface area (Å²) in [6, 6.07) is 16.3. The van der Waals surface area contributed by atoms with Crippen molar-refractivity contribution in [3.05, 3.63) is 87.5 Å². The Bertz CT molecular complexity index is 1440. The number of esters is 1. The Balaban J connectivity index is 1.61. The van der Waals surface area contributed by atoms with Gasteiger partial charge in [-0.3, -0.25) is 4.79 Å². The standard InChI is InChI=1S/C27H21ClO7/c1-31-24-12-17(13-25(32-2)27(24)33-3)23-15-21(29)20-14-19(9-10-22(20)35-23)34-26(30)11-6-16-4-7-18(28)8-5-16/h4-15H,1-3H3/b11-6+. The minimum absolute atomic E-state index is 0.219. The number of hydrogen-bond donors (Lipinski definition) is 0. The summed E-state index contributed by atoms with van der Waals surface area (Å²) in [4.78, 5) is 25.1. The number of benzene rings is 3. The summed E-state index contributed by atoms with van der Waals surface area (Å²) in [7, 11) is 4.52. The average Bonchev–Trinajstić information content (AvgIpc) is 2.87. The second-order valence-corrected chi connectivity index (χ2v) is 7.79. The second kappa shape index (κ2) is 10.4. The lowest BCUT2D eigenvalue weighted by Gasteiger charge is -2.14. The lowest BCUT2D eigenvalue weighted by molar-refractivity contribution is -0.128. The molecule has 0 bridgehead atoms. The largest absolute Gasteiger partial charge is 0.493 e. The normalized spacial score (nSPS) is 11.0. The first-order valence-electron chi connectivity index (χ1n) is 10.5. The minimum Gasteiger partial charge on any atom is -0.493 e. The number of ether oxygens (including phenoxy) is 4. The van der Waals surface area contributed by atoms with Gasteiger partial charge in [-0.15, -0.1) is 0 Å². The number of carbonyl (C=O) groups is 1. The van der Waals surface area contributed by atoms with Gasteiger partial charge in [0.05, 0.1) is 26.7 Å². The summed E-state index contributed by atoms with van der Waals surface area (Å²) in [5.74, 6) is 1.24. The van der Waals surface area contributed by atoms with Gasteiger partial charge in [0, 0.05) is 22.7 Å². The molecule has 0 fully saturated rings. The zero-order chi connectivity index (χ0) is 24.9. The van der Waals surface area contributed by atoms with Gasteiger partial charge in [-0.05, 0) is 54.1 Å². The molecule has 8 heteroatoms. The zero-order valence-electron chi connectivity index (χ0n) is 19.2. The molecule has 0 amide bonds. The van der Waals surface area contributed by atoms with Crippen LogP contribution in [0.15, 0.2) is 76.0 Å². The van der Waals surface area contributed by atoms with Crippen molar-refractivity contribution in [1.82, 2.24) is 0 Å². The Morgan fingerprint density at radius 1 is 0.886 bits per heavy atom. The molecule has 0 atom stereocenters. The average molecular weight is 493 g/mol. The van der Waals surface area contributed by atoms with Crippen molar-refractivity contribution < 1.29 is 28.2 Å². The summed E-state index contributed by atoms with van der Waals surface area (Å²) < 4.78 is 27.4. The number of rotatable bonds is 7. The van der Waals surface area contributed by atoms with Gasteiger partial charge in [0.1, 0.15) is 17.1 Å². The minimum atomic E-state index is -0.585. The van der Waals surface area contributed by atoms with E-state index in [4.69, 9.17) is 35.0 Å². The van der Waals surface area contributed by atoms with Crippen LogP contribution in [-0.4, -0.2) is 27.3 Å². The van der Waals surface area contributed by atoms with E-state index in [1.807, 2.05) is 0 Å². The molecule has 7 nitrogen and oxygen atoms in total. The van der Waals surface area contributed by atoms with Crippen LogP contribution in [0.1, 0.15) is 5.56 Å². The molecule has 0 aliphatic rings. The Hall–Kier alpha value is -4.23. The molecule has 1 heterocycles. The van der Waals surface area contributed by atoms with Crippen LogP contribution >= 0.6 is 11.6 Å². The molecule has 0 saturated carbocycles. The van der Waals surface area contributed by atoms with E-state index in [9.17, 15) is 9.59 Å². The predicted octanol–water partition coefficient (Wildman–Crippen LogP) is 5.76. The van der Waals surface area contributed by atoms with Gasteiger partial charge in [-0.1, -0.05) is 23.7 Å². The number of fused-ring (bicyclic) bond motifs is 1. The maximum Gasteiger partial charge on any atom is 0.336 e. The highest BCUT2D eigenvalue weighted by Gasteiger charge is 2.17. The van der Waals surface area contributed by atoms with Crippen LogP contribution in [0.25, 0.3) is 28.4 Å². The first-order valence-corrected chi connectivity index (χ1v) is 10.8. The Morgan fingerprint density at radius 3 is 2.20 bits per heavy atom. The van der Waals surface area contributed by atoms with Crippen molar-refractivity contribution in [3.63, 3.8) is 0 Å². The monoisotopic (exact) mass is 492 g/mol. The van der Waals surface area contributed by atoms with Gasteiger partial charge in [0.15, 0.2) is 16.9 Å². The number of carbonyl (C=O) groups excluding carboxylic acids is 1. The van der Waals surface area contributed by atoms with E-state index in [1.54, 1.807) is 54.6 Å². The van der Waals surface area contributed by atoms with Crippen LogP contribution in [0, 0.1) is 0 Å². The molecule has 0 spiro atoms. The SMILES string of the molecule is COc1cc(-c2cc(=O)c3cc(OC(=O)/C=C/c4ccc(Cl)cc4)ccc3o2)cc(OC)c1OC. The third-order valence-electron chi connectivity index (χ3n) is 5.15. The summed E-state index contributed by atoms with van der Waals surface area (Å²) >= 11 is 5.86. The summed E-state index contributed by atoms with van der Waals surface area (Å²) in [5, 5.41) is 0.876. The lowest BCUT2D eigenvalue weighted by Crippen LogP contribution is -2.05. The zero-order valence-corrected chi connectivity index (χ0v) is 19.9. The molecule has 0 saturated heterocycles. The Kier molecular flexibility index (Phi) is 7.08. The van der Waals surface area contributed by atoms with Gasteiger partial charge >= 0.3 is 5.97 Å². The molecular weight excluding hydrogens is 472 g/mol. The van der Waals surface area contributed by atoms with Crippen molar-refractivity contribution >= 4 is 34.6 Å². The lowest BCUT2D eigenvalue weighted by atomic mass is 10.1. The van der Waals surface area contributed by atoms with Gasteiger partial charge in [0.2, 0.25) is 5.75 Å². The Morgan fingerprint density at radius 2 is 1.57 bits per heavy atom. The molecule has 4 aromatic rings. The molecule has 0 aliphatic heterocycles. The van der Waals surface area contributed by atoms with E-state index < -0.39 is 5.97 Å². The van der Waals surface area contributed by atoms with Crippen LogP contribution in [-0.2, 0) is 4.79 Å². The summed E-state index contributed by atoms with van der Waals surface area (Å²) in [6.45, 7) is 0. The third kappa shape index (κ3) is 5.31. The van der Waals surface area contributed by atoms with Crippen LogP contribution in [0.3, 0.4) is 0 Å². The molecule has 0 N–H and O–H groups in total. The van der Waals surface area contributed by atoms with E-state index >= 15 is 0 Å². The van der Waals surface area contributed by atoms with Crippen molar-refractivity contribution in [2.24, 2.45) is 0 Å². The highest BCUT2D eigenvalue weighted by Crippen LogP contribution is 2.41. The molecule has 4 rings (SSSR count). The van der Waals surface area contributed by atoms with Crippen LogP contribution in [0.2, 0.25) is 5.02 Å². The second-order valence-electron chi connectivity index (χ2n) is 7.35. The molecule has 1 aromatic heterocycles. The fourth-order valence-corrected chi connectivity index (χ4v) is 3.58. The molecule has 0 aliphatic carbocycles. The molecule has 178 valence electrons. The Labute approximate surface area is 206 Å². The highest BCUT2D eigenvalue weighted by atomic mass is 35.5. The van der Waals surface area contributed by atoms with Gasteiger partial charge in [0.25, 0.3) is 0 Å². The van der Waals surface area contributed by atoms with Gasteiger partial charge < -0.3 is 23.4 Å². The molecule has 3 aromatic carbocycles. The first-order chi connectivity index (χ1) is 16.9. The highest BCUT2D eigenvalue weighted by molar-refractivity contribution is 6.30. The van der Waals surface area contributed by atoms with E-state index in [-0.39, 0.29) is 16.6 Å². The first kappa shape index (κ1) is 23.9. The number of halogens is 1. The number of methoxy groups -OCH3 is 3. The fraction of sp³-hybridized carbons (Fsp3) is 0.111. The smallest absolute Gasteiger partial charge is 0.336 e. The summed E-state index contributed by atoms with van der Waals surface area (Å²) in [5.41, 5.74) is 1.40. The summed E-state index contributed by atoms with van der Waals surface area (Å²) in [6.07, 6.45) is 2.90. The molecule has 35 heavy (non-hydrogen) atoms. The van der Waals surface area contributed by atoms with E-state index in [0.29, 0.717) is 39.2 Å². The fourth-order valence-electron chi connectivity index (χ4n) is 3.45. The van der Waals surface area contributed by atoms with Gasteiger partial charge in [-0.2, -0.15) is 0 Å². The van der Waals surface area contributed by atoms with Crippen molar-refractivity contribution in [3.8, 4) is 34.3 Å². The van der Waals surface area contributed by atoms with Gasteiger partial charge in [-0.25, -0.2) is 4.79 Å². The van der Waals surface area contributed by atoms with Crippen LogP contribution < -0.4 is 24.4 Å². The topological polar surface area (TPSA) is 84.2 Å². The van der Waals surface area contributed by atoms with E-state index in [1.165, 1.54) is 39.5 Å². The van der Waals surface area contributed by atoms with Crippen molar-refractivity contribution in [2.45, 2.75) is 0 Å². The molecule has 0 unspecified atom stereocenters. The van der Waals surface area contributed by atoms with E-state index in [2.05, 4.69) is 0 Å². The predicted molar refractivity (Wildman–Crippen MR) is 134 cm³/mol. The van der Waals surface area contributed by atoms with Crippen LogP contribution in [0.4, 0.5) is 0 Å². The number of hydrogen-bond acceptors (Lipinski definition) is 7. The van der Waals surface area contributed by atoms with Crippen molar-refractivity contribution in [2.75, 3.05) is 21.3 Å². The maximum atomic E-state index is 12.9. The van der Waals surface area contributed by atoms with Crippen LogP contribution in [0.5, 0.6) is 23.0 Å². The van der Waals surface area contributed by atoms with E-state index in [0.717, 1.165) is 5.56 Å². The third-order valence-corrected chi connectivity index (χ3v) is 5.40. The quantitative estimate of drug-likeness (QED) is 0.184.